The maximum absolute atomic E-state index is 11.1. The van der Waals surface area contributed by atoms with Gasteiger partial charge in [-0.05, 0) is 63.5 Å². The molecule has 3 nitrogen and oxygen atoms in total. The van der Waals surface area contributed by atoms with Crippen molar-refractivity contribution in [2.75, 3.05) is 19.6 Å². The van der Waals surface area contributed by atoms with Crippen LogP contribution in [0.3, 0.4) is 0 Å². The largest absolute Gasteiger partial charge is 0.389 e. The fourth-order valence-electron chi connectivity index (χ4n) is 4.09. The topological polar surface area (TPSA) is 58.3 Å². The number of rotatable bonds is 3. The molecule has 0 spiro atoms. The van der Waals surface area contributed by atoms with Crippen LogP contribution in [0.1, 0.15) is 52.4 Å². The maximum Gasteiger partial charge on any atom is 0.0739 e. The second-order valence-electron chi connectivity index (χ2n) is 6.85. The molecule has 0 aromatic heterocycles. The first kappa shape index (κ1) is 14.3. The Kier molecular flexibility index (Phi) is 4.35. The lowest BCUT2D eigenvalue weighted by atomic mass is 9.58. The summed E-state index contributed by atoms with van der Waals surface area (Å²) >= 11 is 0. The van der Waals surface area contributed by atoms with Gasteiger partial charge in [0.15, 0.2) is 0 Å². The Morgan fingerprint density at radius 2 is 1.72 bits per heavy atom. The van der Waals surface area contributed by atoms with Gasteiger partial charge in [0.1, 0.15) is 0 Å². The highest BCUT2D eigenvalue weighted by atomic mass is 16.3. The average Bonchev–Trinajstić information content (AvgIpc) is 2.39. The molecule has 0 aromatic carbocycles. The normalized spacial score (nSPS) is 36.8. The monoisotopic (exact) mass is 254 g/mol. The Balaban J connectivity index is 2.08. The predicted molar refractivity (Wildman–Crippen MR) is 75.3 cm³/mol. The van der Waals surface area contributed by atoms with E-state index in [1.807, 2.05) is 0 Å². The molecule has 3 heteroatoms. The second-order valence-corrected chi connectivity index (χ2v) is 6.85. The third-order valence-corrected chi connectivity index (χ3v) is 5.74. The van der Waals surface area contributed by atoms with Gasteiger partial charge >= 0.3 is 0 Å². The van der Waals surface area contributed by atoms with Gasteiger partial charge in [-0.15, -0.1) is 0 Å². The Morgan fingerprint density at radius 3 is 2.17 bits per heavy atom. The number of nitrogens with one attached hydrogen (secondary N) is 1. The van der Waals surface area contributed by atoms with Crippen molar-refractivity contribution in [3.8, 4) is 0 Å². The molecule has 18 heavy (non-hydrogen) atoms. The fourth-order valence-corrected chi connectivity index (χ4v) is 4.09. The highest BCUT2D eigenvalue weighted by Crippen LogP contribution is 2.50. The molecule has 2 fully saturated rings. The molecule has 2 aliphatic rings. The number of piperidine rings is 1. The molecule has 4 N–H and O–H groups in total. The molecule has 1 saturated carbocycles. The molecule has 1 saturated heterocycles. The van der Waals surface area contributed by atoms with E-state index in [1.54, 1.807) is 0 Å². The van der Waals surface area contributed by atoms with E-state index in [9.17, 15) is 5.11 Å². The highest BCUT2D eigenvalue weighted by Gasteiger charge is 2.50. The van der Waals surface area contributed by atoms with Crippen LogP contribution >= 0.6 is 0 Å². The molecule has 0 bridgehead atoms. The quantitative estimate of drug-likeness (QED) is 0.721. The summed E-state index contributed by atoms with van der Waals surface area (Å²) < 4.78 is 0. The van der Waals surface area contributed by atoms with E-state index in [-0.39, 0.29) is 5.41 Å². The Labute approximate surface area is 112 Å². The van der Waals surface area contributed by atoms with Crippen LogP contribution < -0.4 is 11.1 Å². The van der Waals surface area contributed by atoms with Crippen LogP contribution in [-0.4, -0.2) is 30.3 Å². The van der Waals surface area contributed by atoms with E-state index >= 15 is 0 Å². The molecule has 1 heterocycles. The highest BCUT2D eigenvalue weighted by molar-refractivity contribution is 5.04. The van der Waals surface area contributed by atoms with Gasteiger partial charge < -0.3 is 16.2 Å². The Bertz CT molecular complexity index is 264. The summed E-state index contributed by atoms with van der Waals surface area (Å²) in [5.74, 6) is 1.60. The maximum atomic E-state index is 11.1. The first-order valence-electron chi connectivity index (χ1n) is 7.66. The third kappa shape index (κ3) is 2.45. The van der Waals surface area contributed by atoms with Gasteiger partial charge in [0.25, 0.3) is 0 Å². The average molecular weight is 254 g/mol. The second kappa shape index (κ2) is 5.48. The molecule has 106 valence electrons. The fraction of sp³-hybridized carbons (Fsp3) is 1.00. The van der Waals surface area contributed by atoms with Crippen molar-refractivity contribution < 1.29 is 5.11 Å². The molecule has 0 unspecified atom stereocenters. The smallest absolute Gasteiger partial charge is 0.0739 e. The summed E-state index contributed by atoms with van der Waals surface area (Å²) in [6, 6.07) is 0. The van der Waals surface area contributed by atoms with E-state index in [0.29, 0.717) is 6.54 Å². The summed E-state index contributed by atoms with van der Waals surface area (Å²) in [7, 11) is 0. The van der Waals surface area contributed by atoms with Gasteiger partial charge in [-0.25, -0.2) is 0 Å². The zero-order chi connectivity index (χ0) is 13.2. The van der Waals surface area contributed by atoms with Crippen LogP contribution in [0.25, 0.3) is 0 Å². The summed E-state index contributed by atoms with van der Waals surface area (Å²) in [5, 5.41) is 14.4. The Morgan fingerprint density at radius 1 is 1.17 bits per heavy atom. The standard InChI is InChI=1S/C15H30N2O/c1-12(2)13-3-5-14(11-16,6-4-13)15(18)7-9-17-10-8-15/h12-13,17-18H,3-11,16H2,1-2H3. The van der Waals surface area contributed by atoms with E-state index in [0.717, 1.165) is 50.6 Å². The zero-order valence-corrected chi connectivity index (χ0v) is 12.0. The van der Waals surface area contributed by atoms with Crippen molar-refractivity contribution in [3.63, 3.8) is 0 Å². The molecule has 0 aromatic rings. The number of nitrogens with two attached hydrogens (primary N) is 1. The van der Waals surface area contributed by atoms with Crippen LogP contribution in [0, 0.1) is 17.3 Å². The van der Waals surface area contributed by atoms with Crippen molar-refractivity contribution in [1.82, 2.24) is 5.32 Å². The molecule has 2 rings (SSSR count). The van der Waals surface area contributed by atoms with E-state index in [2.05, 4.69) is 19.2 Å². The van der Waals surface area contributed by atoms with Gasteiger partial charge in [-0.2, -0.15) is 0 Å². The number of hydrogen-bond acceptors (Lipinski definition) is 3. The van der Waals surface area contributed by atoms with Gasteiger partial charge in [-0.3, -0.25) is 0 Å². The number of hydrogen-bond donors (Lipinski definition) is 3. The minimum Gasteiger partial charge on any atom is -0.389 e. The van der Waals surface area contributed by atoms with E-state index in [4.69, 9.17) is 5.73 Å². The van der Waals surface area contributed by atoms with Crippen LogP contribution in [-0.2, 0) is 0 Å². The van der Waals surface area contributed by atoms with Crippen molar-refractivity contribution in [2.24, 2.45) is 23.0 Å². The molecule has 0 radical (unpaired) electrons. The van der Waals surface area contributed by atoms with Gasteiger partial charge in [0.2, 0.25) is 0 Å². The van der Waals surface area contributed by atoms with Crippen molar-refractivity contribution in [1.29, 1.82) is 0 Å². The molecular formula is C15H30N2O. The molecule has 0 amide bonds. The summed E-state index contributed by atoms with van der Waals surface area (Å²) in [6.45, 7) is 7.16. The SMILES string of the molecule is CC(C)C1CCC(CN)(C2(O)CCNCC2)CC1. The lowest BCUT2D eigenvalue weighted by Gasteiger charge is -2.52. The summed E-state index contributed by atoms with van der Waals surface area (Å²) in [5.41, 5.74) is 5.56. The summed E-state index contributed by atoms with van der Waals surface area (Å²) in [6.07, 6.45) is 6.45. The van der Waals surface area contributed by atoms with Crippen LogP contribution in [0.15, 0.2) is 0 Å². The summed E-state index contributed by atoms with van der Waals surface area (Å²) in [4.78, 5) is 0. The van der Waals surface area contributed by atoms with Crippen molar-refractivity contribution >= 4 is 0 Å². The van der Waals surface area contributed by atoms with Crippen molar-refractivity contribution in [2.45, 2.75) is 58.0 Å². The van der Waals surface area contributed by atoms with Crippen molar-refractivity contribution in [3.05, 3.63) is 0 Å². The van der Waals surface area contributed by atoms with Crippen LogP contribution in [0.4, 0.5) is 0 Å². The van der Waals surface area contributed by atoms with Crippen LogP contribution in [0.5, 0.6) is 0 Å². The zero-order valence-electron chi connectivity index (χ0n) is 12.0. The van der Waals surface area contributed by atoms with E-state index < -0.39 is 5.60 Å². The molecule has 0 atom stereocenters. The predicted octanol–water partition coefficient (Wildman–Crippen LogP) is 1.89. The molecule has 1 aliphatic heterocycles. The van der Waals surface area contributed by atoms with Gasteiger partial charge in [-0.1, -0.05) is 13.8 Å². The first-order valence-corrected chi connectivity index (χ1v) is 7.66. The lowest BCUT2D eigenvalue weighted by Crippen LogP contribution is -2.58. The Hall–Kier alpha value is -0.120. The minimum absolute atomic E-state index is 0.0134. The molecular weight excluding hydrogens is 224 g/mol. The first-order chi connectivity index (χ1) is 8.53. The third-order valence-electron chi connectivity index (χ3n) is 5.74. The van der Waals surface area contributed by atoms with Crippen LogP contribution in [0.2, 0.25) is 0 Å². The minimum atomic E-state index is -0.519. The van der Waals surface area contributed by atoms with E-state index in [1.165, 1.54) is 12.8 Å². The van der Waals surface area contributed by atoms with Gasteiger partial charge in [0, 0.05) is 12.0 Å². The lowest BCUT2D eigenvalue weighted by molar-refractivity contribution is -0.124. The number of aliphatic hydroxyl groups is 1. The van der Waals surface area contributed by atoms with Gasteiger partial charge in [0.05, 0.1) is 5.60 Å². The molecule has 1 aliphatic carbocycles.